The number of nitrogens with zero attached hydrogens (tertiary/aromatic N) is 4. The average molecular weight is 490 g/mol. The van der Waals surface area contributed by atoms with Gasteiger partial charge >= 0.3 is 0 Å². The number of aromatic nitrogens is 4. The Balaban J connectivity index is 1.34. The first-order valence-corrected chi connectivity index (χ1v) is 12.7. The van der Waals surface area contributed by atoms with Crippen LogP contribution in [0.3, 0.4) is 0 Å². The maximum atomic E-state index is 13.2. The fourth-order valence-corrected chi connectivity index (χ4v) is 5.13. The number of nitrogens with one attached hydrogen (secondary N) is 1. The zero-order chi connectivity index (χ0) is 24.0. The molecular formula is C26H27N5O3S. The van der Waals surface area contributed by atoms with Gasteiger partial charge < -0.3 is 19.1 Å². The lowest BCUT2D eigenvalue weighted by molar-refractivity contribution is 0.0948. The molecule has 2 aromatic heterocycles. The number of ether oxygens (including phenoxy) is 1. The highest BCUT2D eigenvalue weighted by Crippen LogP contribution is 2.26. The molecule has 180 valence electrons. The number of carbonyl (C=O) groups excluding carboxylic acids is 1. The normalized spacial score (nSPS) is 15.4. The minimum absolute atomic E-state index is 0.234. The molecule has 1 amide bonds. The summed E-state index contributed by atoms with van der Waals surface area (Å²) < 4.78 is 13.2. The second-order valence-electron chi connectivity index (χ2n) is 8.43. The van der Waals surface area contributed by atoms with Gasteiger partial charge in [-0.3, -0.25) is 4.79 Å². The van der Waals surface area contributed by atoms with Crippen molar-refractivity contribution in [3.05, 3.63) is 83.4 Å². The highest BCUT2D eigenvalue weighted by Gasteiger charge is 2.23. The van der Waals surface area contributed by atoms with Gasteiger partial charge in [-0.25, -0.2) is 0 Å². The van der Waals surface area contributed by atoms with Crippen molar-refractivity contribution in [2.24, 2.45) is 0 Å². The van der Waals surface area contributed by atoms with Crippen LogP contribution in [-0.4, -0.2) is 44.3 Å². The van der Waals surface area contributed by atoms with Gasteiger partial charge in [0, 0.05) is 17.9 Å². The summed E-state index contributed by atoms with van der Waals surface area (Å²) >= 11 is 1.65. The van der Waals surface area contributed by atoms with Gasteiger partial charge in [-0.05, 0) is 25.3 Å². The quantitative estimate of drug-likeness (QED) is 0.346. The Bertz CT molecular complexity index is 1270. The van der Waals surface area contributed by atoms with E-state index in [-0.39, 0.29) is 18.6 Å². The molecule has 1 atom stereocenters. The number of hydrogen-bond donors (Lipinski definition) is 1. The van der Waals surface area contributed by atoms with Gasteiger partial charge in [-0.2, -0.15) is 0 Å². The fourth-order valence-electron chi connectivity index (χ4n) is 4.10. The Kier molecular flexibility index (Phi) is 7.25. The number of rotatable bonds is 9. The molecule has 9 heteroatoms. The Morgan fingerprint density at radius 1 is 1.11 bits per heavy atom. The Labute approximate surface area is 208 Å². The van der Waals surface area contributed by atoms with Gasteiger partial charge in [0.15, 0.2) is 11.0 Å². The molecule has 1 saturated heterocycles. The molecule has 0 unspecified atom stereocenters. The minimum Gasteiger partial charge on any atom is -0.377 e. The largest absolute Gasteiger partial charge is 0.377 e. The van der Waals surface area contributed by atoms with Crippen LogP contribution in [-0.2, 0) is 17.8 Å². The molecule has 0 spiro atoms. The van der Waals surface area contributed by atoms with Crippen molar-refractivity contribution in [2.45, 2.75) is 44.1 Å². The average Bonchev–Trinajstić information content (AvgIpc) is 3.63. The summed E-state index contributed by atoms with van der Waals surface area (Å²) in [5.74, 6) is 1.73. The molecule has 5 rings (SSSR count). The van der Waals surface area contributed by atoms with Crippen LogP contribution in [0, 0.1) is 6.92 Å². The molecule has 2 aromatic carbocycles. The maximum Gasteiger partial charge on any atom is 0.257 e. The Morgan fingerprint density at radius 2 is 1.89 bits per heavy atom. The van der Waals surface area contributed by atoms with Crippen molar-refractivity contribution >= 4 is 17.7 Å². The lowest BCUT2D eigenvalue weighted by atomic mass is 10.1. The Hall–Kier alpha value is -3.43. The predicted octanol–water partition coefficient (Wildman–Crippen LogP) is 4.49. The molecule has 1 N–H and O–H groups in total. The lowest BCUT2D eigenvalue weighted by Crippen LogP contribution is -2.26. The van der Waals surface area contributed by atoms with Crippen LogP contribution in [0.25, 0.3) is 11.3 Å². The fraction of sp³-hybridized carbons (Fsp3) is 0.308. The smallest absolute Gasteiger partial charge is 0.257 e. The van der Waals surface area contributed by atoms with E-state index in [0.29, 0.717) is 29.4 Å². The lowest BCUT2D eigenvalue weighted by Gasteiger charge is -2.13. The highest BCUT2D eigenvalue weighted by atomic mass is 32.2. The number of benzene rings is 2. The first-order valence-electron chi connectivity index (χ1n) is 11.7. The van der Waals surface area contributed by atoms with Crippen LogP contribution < -0.4 is 5.32 Å². The number of thioether (sulfide) groups is 1. The standard InChI is InChI=1S/C26H27N5O3S/c1-18-23(24(30-34-18)20-11-6-3-7-12-20)25(32)27-15-22-28-29-26(35-17-21-13-8-14-33-21)31(22)16-19-9-4-2-5-10-19/h2-7,9-12,21H,8,13-17H2,1H3,(H,27,32)/t21-/m0/s1. The summed E-state index contributed by atoms with van der Waals surface area (Å²) in [5.41, 5.74) is 2.92. The summed E-state index contributed by atoms with van der Waals surface area (Å²) in [4.78, 5) is 13.2. The monoisotopic (exact) mass is 489 g/mol. The van der Waals surface area contributed by atoms with Crippen LogP contribution in [0.5, 0.6) is 0 Å². The van der Waals surface area contributed by atoms with Crippen molar-refractivity contribution in [3.63, 3.8) is 0 Å². The molecule has 0 saturated carbocycles. The maximum absolute atomic E-state index is 13.2. The summed E-state index contributed by atoms with van der Waals surface area (Å²) in [6, 6.07) is 19.7. The second-order valence-corrected chi connectivity index (χ2v) is 9.41. The van der Waals surface area contributed by atoms with Crippen molar-refractivity contribution in [1.29, 1.82) is 0 Å². The molecule has 0 aliphatic carbocycles. The molecule has 1 fully saturated rings. The topological polar surface area (TPSA) is 95.1 Å². The van der Waals surface area contributed by atoms with Gasteiger partial charge in [-0.1, -0.05) is 77.6 Å². The third kappa shape index (κ3) is 5.47. The van der Waals surface area contributed by atoms with E-state index in [1.165, 1.54) is 0 Å². The second kappa shape index (κ2) is 10.9. The first-order chi connectivity index (χ1) is 17.2. The summed E-state index contributed by atoms with van der Waals surface area (Å²) in [6.45, 7) is 3.42. The van der Waals surface area contributed by atoms with Crippen LogP contribution in [0.1, 0.15) is 40.3 Å². The molecule has 1 aliphatic rings. The van der Waals surface area contributed by atoms with Gasteiger partial charge in [-0.15, -0.1) is 10.2 Å². The molecule has 1 aliphatic heterocycles. The molecular weight excluding hydrogens is 462 g/mol. The SMILES string of the molecule is Cc1onc(-c2ccccc2)c1C(=O)NCc1nnc(SC[C@@H]2CCCO2)n1Cc1ccccc1. The van der Waals surface area contributed by atoms with Gasteiger partial charge in [0.05, 0.1) is 19.2 Å². The summed E-state index contributed by atoms with van der Waals surface area (Å²) in [5, 5.41) is 16.8. The molecule has 0 bridgehead atoms. The van der Waals surface area contributed by atoms with E-state index in [1.807, 2.05) is 48.5 Å². The molecule has 4 aromatic rings. The molecule has 8 nitrogen and oxygen atoms in total. The summed E-state index contributed by atoms with van der Waals surface area (Å²) in [7, 11) is 0. The van der Waals surface area contributed by atoms with Gasteiger partial charge in [0.25, 0.3) is 5.91 Å². The van der Waals surface area contributed by atoms with Crippen LogP contribution in [0.15, 0.2) is 70.3 Å². The van der Waals surface area contributed by atoms with Crippen molar-refractivity contribution in [1.82, 2.24) is 25.2 Å². The Morgan fingerprint density at radius 3 is 2.63 bits per heavy atom. The first kappa shape index (κ1) is 23.3. The number of carbonyl (C=O) groups is 1. The predicted molar refractivity (Wildman–Crippen MR) is 133 cm³/mol. The van der Waals surface area contributed by atoms with Crippen LogP contribution in [0.4, 0.5) is 0 Å². The van der Waals surface area contributed by atoms with E-state index < -0.39 is 0 Å². The van der Waals surface area contributed by atoms with E-state index >= 15 is 0 Å². The van der Waals surface area contributed by atoms with Crippen LogP contribution >= 0.6 is 11.8 Å². The third-order valence-corrected chi connectivity index (χ3v) is 7.04. The van der Waals surface area contributed by atoms with Gasteiger partial charge in [0.2, 0.25) is 0 Å². The van der Waals surface area contributed by atoms with Crippen molar-refractivity contribution < 1.29 is 14.1 Å². The zero-order valence-electron chi connectivity index (χ0n) is 19.5. The minimum atomic E-state index is -0.259. The van der Waals surface area contributed by atoms with E-state index in [9.17, 15) is 4.79 Å². The van der Waals surface area contributed by atoms with E-state index in [1.54, 1.807) is 18.7 Å². The van der Waals surface area contributed by atoms with E-state index in [4.69, 9.17) is 9.26 Å². The molecule has 35 heavy (non-hydrogen) atoms. The van der Waals surface area contributed by atoms with Gasteiger partial charge in [0.1, 0.15) is 17.0 Å². The zero-order valence-corrected chi connectivity index (χ0v) is 20.3. The summed E-state index contributed by atoms with van der Waals surface area (Å²) in [6.07, 6.45) is 2.43. The van der Waals surface area contributed by atoms with Crippen molar-refractivity contribution in [3.8, 4) is 11.3 Å². The van der Waals surface area contributed by atoms with Crippen LogP contribution in [0.2, 0.25) is 0 Å². The van der Waals surface area contributed by atoms with E-state index in [0.717, 1.165) is 41.5 Å². The van der Waals surface area contributed by atoms with Crippen molar-refractivity contribution in [2.75, 3.05) is 12.4 Å². The third-order valence-electron chi connectivity index (χ3n) is 5.94. The number of aryl methyl sites for hydroxylation is 1. The molecule has 0 radical (unpaired) electrons. The van der Waals surface area contributed by atoms with E-state index in [2.05, 4.69) is 37.4 Å². The highest BCUT2D eigenvalue weighted by molar-refractivity contribution is 7.99. The molecule has 3 heterocycles. The number of hydrogen-bond acceptors (Lipinski definition) is 7. The number of amides is 1.